The molecule has 0 aliphatic rings. The van der Waals surface area contributed by atoms with Crippen molar-refractivity contribution in [3.63, 3.8) is 0 Å². The summed E-state index contributed by atoms with van der Waals surface area (Å²) in [4.78, 5) is 4.74. The number of nitrogens with zero attached hydrogens (tertiary/aromatic N) is 2. The monoisotopic (exact) mass is 230 g/mol. The third-order valence-electron chi connectivity index (χ3n) is 3.23. The van der Waals surface area contributed by atoms with E-state index in [1.165, 1.54) is 16.9 Å². The molecule has 0 saturated carbocycles. The third kappa shape index (κ3) is 2.36. The molecule has 17 heavy (non-hydrogen) atoms. The van der Waals surface area contributed by atoms with Crippen molar-refractivity contribution in [2.75, 3.05) is 0 Å². The first-order valence-electron chi connectivity index (χ1n) is 6.44. The van der Waals surface area contributed by atoms with Gasteiger partial charge in [0.05, 0.1) is 11.0 Å². The molecule has 2 nitrogen and oxygen atoms in total. The first-order chi connectivity index (χ1) is 7.99. The standard InChI is InChI=1S/C15H22N2/c1-10(2)8-12-9-14-15(17(12)5)7-6-13(16-14)11(3)4/h6-7,9-11H,8H2,1-5H3. The van der Waals surface area contributed by atoms with E-state index in [4.69, 9.17) is 4.98 Å². The lowest BCUT2D eigenvalue weighted by Gasteiger charge is -2.07. The largest absolute Gasteiger partial charge is 0.346 e. The summed E-state index contributed by atoms with van der Waals surface area (Å²) in [5.74, 6) is 1.18. The van der Waals surface area contributed by atoms with Crippen LogP contribution < -0.4 is 0 Å². The fourth-order valence-electron chi connectivity index (χ4n) is 2.22. The van der Waals surface area contributed by atoms with Gasteiger partial charge in [-0.05, 0) is 36.5 Å². The number of pyridine rings is 1. The van der Waals surface area contributed by atoms with Gasteiger partial charge in [0.15, 0.2) is 0 Å². The predicted octanol–water partition coefficient (Wildman–Crippen LogP) is 3.90. The number of rotatable bonds is 3. The molecule has 0 unspecified atom stereocenters. The van der Waals surface area contributed by atoms with E-state index in [-0.39, 0.29) is 0 Å². The minimum Gasteiger partial charge on any atom is -0.346 e. The van der Waals surface area contributed by atoms with E-state index >= 15 is 0 Å². The van der Waals surface area contributed by atoms with E-state index in [2.05, 4.69) is 57.5 Å². The van der Waals surface area contributed by atoms with Crippen molar-refractivity contribution in [3.8, 4) is 0 Å². The fraction of sp³-hybridized carbons (Fsp3) is 0.533. The van der Waals surface area contributed by atoms with E-state index in [0.29, 0.717) is 11.8 Å². The Hall–Kier alpha value is -1.31. The molecule has 2 aromatic rings. The molecule has 0 bridgehead atoms. The summed E-state index contributed by atoms with van der Waals surface area (Å²) in [7, 11) is 2.14. The minimum atomic E-state index is 0.494. The van der Waals surface area contributed by atoms with Crippen LogP contribution in [0.4, 0.5) is 0 Å². The minimum absolute atomic E-state index is 0.494. The zero-order valence-corrected chi connectivity index (χ0v) is 11.5. The molecule has 2 rings (SSSR count). The molecule has 2 aromatic heterocycles. The van der Waals surface area contributed by atoms with Gasteiger partial charge in [-0.3, -0.25) is 4.98 Å². The molecule has 0 spiro atoms. The van der Waals surface area contributed by atoms with Crippen LogP contribution in [0, 0.1) is 5.92 Å². The Kier molecular flexibility index (Phi) is 3.23. The number of aromatic nitrogens is 2. The molecule has 2 heteroatoms. The lowest BCUT2D eigenvalue weighted by molar-refractivity contribution is 0.620. The van der Waals surface area contributed by atoms with Crippen LogP contribution in [0.2, 0.25) is 0 Å². The van der Waals surface area contributed by atoms with E-state index in [9.17, 15) is 0 Å². The molecular weight excluding hydrogens is 208 g/mol. The smallest absolute Gasteiger partial charge is 0.0887 e. The molecule has 92 valence electrons. The fourth-order valence-corrected chi connectivity index (χ4v) is 2.22. The van der Waals surface area contributed by atoms with Gasteiger partial charge in [-0.2, -0.15) is 0 Å². The normalized spacial score (nSPS) is 11.9. The Morgan fingerprint density at radius 2 is 1.88 bits per heavy atom. The molecular formula is C15H22N2. The van der Waals surface area contributed by atoms with Crippen LogP contribution in [0.3, 0.4) is 0 Å². The highest BCUT2D eigenvalue weighted by atomic mass is 15.0. The maximum absolute atomic E-state index is 4.74. The highest BCUT2D eigenvalue weighted by molar-refractivity contribution is 5.77. The zero-order chi connectivity index (χ0) is 12.6. The highest BCUT2D eigenvalue weighted by Gasteiger charge is 2.10. The van der Waals surface area contributed by atoms with Crippen molar-refractivity contribution in [2.24, 2.45) is 13.0 Å². The summed E-state index contributed by atoms with van der Waals surface area (Å²) >= 11 is 0. The second-order valence-corrected chi connectivity index (χ2v) is 5.59. The summed E-state index contributed by atoms with van der Waals surface area (Å²) in [5, 5.41) is 0. The van der Waals surface area contributed by atoms with E-state index in [1.807, 2.05) is 0 Å². The van der Waals surface area contributed by atoms with Gasteiger partial charge in [0.2, 0.25) is 0 Å². The topological polar surface area (TPSA) is 17.8 Å². The number of hydrogen-bond acceptors (Lipinski definition) is 1. The van der Waals surface area contributed by atoms with Gasteiger partial charge in [-0.25, -0.2) is 0 Å². The van der Waals surface area contributed by atoms with Crippen molar-refractivity contribution >= 4 is 11.0 Å². The molecule has 0 atom stereocenters. The summed E-state index contributed by atoms with van der Waals surface area (Å²) in [6.45, 7) is 8.88. The Morgan fingerprint density at radius 3 is 2.47 bits per heavy atom. The van der Waals surface area contributed by atoms with E-state index in [1.54, 1.807) is 0 Å². The third-order valence-corrected chi connectivity index (χ3v) is 3.23. The van der Waals surface area contributed by atoms with Crippen molar-refractivity contribution < 1.29 is 0 Å². The maximum atomic E-state index is 4.74. The van der Waals surface area contributed by atoms with Gasteiger partial charge >= 0.3 is 0 Å². The van der Waals surface area contributed by atoms with Crippen molar-refractivity contribution in [1.82, 2.24) is 9.55 Å². The summed E-state index contributed by atoms with van der Waals surface area (Å²) in [5.41, 5.74) is 4.93. The molecule has 2 heterocycles. The second-order valence-electron chi connectivity index (χ2n) is 5.59. The Balaban J connectivity index is 2.49. The lowest BCUT2D eigenvalue weighted by Crippen LogP contribution is -2.00. The summed E-state index contributed by atoms with van der Waals surface area (Å²) in [6, 6.07) is 6.58. The van der Waals surface area contributed by atoms with Gasteiger partial charge < -0.3 is 4.57 Å². The van der Waals surface area contributed by atoms with Crippen LogP contribution in [0.15, 0.2) is 18.2 Å². The number of aryl methyl sites for hydroxylation is 1. The van der Waals surface area contributed by atoms with Crippen LogP contribution in [-0.4, -0.2) is 9.55 Å². The van der Waals surface area contributed by atoms with Crippen LogP contribution in [-0.2, 0) is 13.5 Å². The molecule has 0 aromatic carbocycles. The van der Waals surface area contributed by atoms with Crippen LogP contribution in [0.25, 0.3) is 11.0 Å². The molecule has 0 saturated heterocycles. The first-order valence-corrected chi connectivity index (χ1v) is 6.44. The zero-order valence-electron chi connectivity index (χ0n) is 11.5. The molecule has 0 N–H and O–H groups in total. The molecule has 0 aliphatic heterocycles. The van der Waals surface area contributed by atoms with Gasteiger partial charge in [0, 0.05) is 18.4 Å². The van der Waals surface area contributed by atoms with Gasteiger partial charge in [-0.1, -0.05) is 27.7 Å². The average Bonchev–Trinajstić information content (AvgIpc) is 2.54. The number of hydrogen-bond donors (Lipinski definition) is 0. The lowest BCUT2D eigenvalue weighted by atomic mass is 10.1. The van der Waals surface area contributed by atoms with Crippen LogP contribution >= 0.6 is 0 Å². The maximum Gasteiger partial charge on any atom is 0.0887 e. The second kappa shape index (κ2) is 4.52. The predicted molar refractivity (Wildman–Crippen MR) is 73.3 cm³/mol. The Morgan fingerprint density at radius 1 is 1.18 bits per heavy atom. The molecule has 0 aliphatic carbocycles. The van der Waals surface area contributed by atoms with Crippen molar-refractivity contribution in [3.05, 3.63) is 29.6 Å². The van der Waals surface area contributed by atoms with Crippen LogP contribution in [0.1, 0.15) is 45.0 Å². The quantitative estimate of drug-likeness (QED) is 0.782. The highest BCUT2D eigenvalue weighted by Crippen LogP contribution is 2.22. The van der Waals surface area contributed by atoms with Gasteiger partial charge in [-0.15, -0.1) is 0 Å². The SMILES string of the molecule is CC(C)Cc1cc2nc(C(C)C)ccc2n1C. The van der Waals surface area contributed by atoms with Crippen molar-refractivity contribution in [1.29, 1.82) is 0 Å². The van der Waals surface area contributed by atoms with Gasteiger partial charge in [0.1, 0.15) is 0 Å². The average molecular weight is 230 g/mol. The molecule has 0 fully saturated rings. The Bertz CT molecular complexity index is 521. The van der Waals surface area contributed by atoms with Gasteiger partial charge in [0.25, 0.3) is 0 Å². The van der Waals surface area contributed by atoms with Crippen molar-refractivity contribution in [2.45, 2.75) is 40.0 Å². The molecule has 0 radical (unpaired) electrons. The van der Waals surface area contributed by atoms with E-state index < -0.39 is 0 Å². The summed E-state index contributed by atoms with van der Waals surface area (Å²) in [6.07, 6.45) is 1.11. The Labute approximate surface area is 104 Å². The van der Waals surface area contributed by atoms with E-state index in [0.717, 1.165) is 11.9 Å². The number of fused-ring (bicyclic) bond motifs is 1. The molecule has 0 amide bonds. The summed E-state index contributed by atoms with van der Waals surface area (Å²) < 4.78 is 2.27. The first kappa shape index (κ1) is 12.2. The van der Waals surface area contributed by atoms with Crippen LogP contribution in [0.5, 0.6) is 0 Å².